The van der Waals surface area contributed by atoms with Crippen molar-refractivity contribution in [3.05, 3.63) is 29.8 Å². The van der Waals surface area contributed by atoms with Crippen LogP contribution in [-0.2, 0) is 14.9 Å². The molecule has 1 aliphatic heterocycles. The molecule has 0 bridgehead atoms. The van der Waals surface area contributed by atoms with Gasteiger partial charge in [-0.05, 0) is 56.2 Å². The Morgan fingerprint density at radius 2 is 1.97 bits per heavy atom. The summed E-state index contributed by atoms with van der Waals surface area (Å²) in [6.45, 7) is 3.09. The number of nitrogens with one attached hydrogen (secondary N) is 1. The second kappa shape index (κ2) is 7.06. The number of halogens is 3. The summed E-state index contributed by atoms with van der Waals surface area (Å²) in [4.78, 5) is 26.2. The topological polar surface area (TPSA) is 67.9 Å². The minimum absolute atomic E-state index is 0.0915. The summed E-state index contributed by atoms with van der Waals surface area (Å²) < 4.78 is 46.3. The number of ether oxygens (including phenoxy) is 2. The SMILES string of the molecule is COC(=O)NC1(C)CC(C(=O)N2CCC3(c4cccc(OC(F)(F)F)c4)CC3C2)C1. The molecule has 9 heteroatoms. The fourth-order valence-electron chi connectivity index (χ4n) is 5.18. The van der Waals surface area contributed by atoms with E-state index < -0.39 is 18.0 Å². The smallest absolute Gasteiger partial charge is 0.453 e. The zero-order valence-electron chi connectivity index (χ0n) is 16.9. The van der Waals surface area contributed by atoms with Crippen molar-refractivity contribution in [2.75, 3.05) is 20.2 Å². The van der Waals surface area contributed by atoms with Gasteiger partial charge in [0.1, 0.15) is 5.75 Å². The molecule has 2 unspecified atom stereocenters. The summed E-state index contributed by atoms with van der Waals surface area (Å²) >= 11 is 0. The number of benzene rings is 1. The first-order valence-corrected chi connectivity index (χ1v) is 10.0. The van der Waals surface area contributed by atoms with E-state index in [0.717, 1.165) is 18.4 Å². The van der Waals surface area contributed by atoms with Crippen LogP contribution in [0.25, 0.3) is 0 Å². The number of methoxy groups -OCH3 is 1. The lowest BCUT2D eigenvalue weighted by Gasteiger charge is -2.46. The van der Waals surface area contributed by atoms with Gasteiger partial charge in [-0.25, -0.2) is 4.79 Å². The first-order chi connectivity index (χ1) is 14.0. The molecule has 1 heterocycles. The quantitative estimate of drug-likeness (QED) is 0.799. The number of likely N-dealkylation sites (tertiary alicyclic amines) is 1. The van der Waals surface area contributed by atoms with Gasteiger partial charge >= 0.3 is 12.5 Å². The predicted octanol–water partition coefficient (Wildman–Crippen LogP) is 3.60. The number of alkyl halides is 3. The average Bonchev–Trinajstić information content (AvgIpc) is 3.39. The maximum atomic E-state index is 12.9. The van der Waals surface area contributed by atoms with Gasteiger partial charge in [-0.15, -0.1) is 13.2 Å². The number of fused-ring (bicyclic) bond motifs is 1. The molecule has 3 aliphatic rings. The van der Waals surface area contributed by atoms with Crippen LogP contribution < -0.4 is 10.1 Å². The Kier molecular flexibility index (Phi) is 4.90. The lowest BCUT2D eigenvalue weighted by atomic mass is 9.68. The summed E-state index contributed by atoms with van der Waals surface area (Å²) in [6, 6.07) is 6.21. The van der Waals surface area contributed by atoms with Crippen LogP contribution in [0.2, 0.25) is 0 Å². The Morgan fingerprint density at radius 3 is 2.60 bits per heavy atom. The van der Waals surface area contributed by atoms with E-state index in [1.54, 1.807) is 6.07 Å². The monoisotopic (exact) mass is 426 g/mol. The van der Waals surface area contributed by atoms with E-state index >= 15 is 0 Å². The third-order valence-corrected chi connectivity index (χ3v) is 6.79. The first kappa shape index (κ1) is 20.8. The zero-order chi connectivity index (χ0) is 21.7. The van der Waals surface area contributed by atoms with Crippen molar-refractivity contribution in [3.63, 3.8) is 0 Å². The number of piperidine rings is 1. The molecular weight excluding hydrogens is 401 g/mol. The van der Waals surface area contributed by atoms with Gasteiger partial charge in [-0.3, -0.25) is 4.79 Å². The number of hydrogen-bond acceptors (Lipinski definition) is 4. The highest BCUT2D eigenvalue weighted by Gasteiger charge is 2.59. The number of rotatable bonds is 4. The number of alkyl carbamates (subject to hydrolysis) is 1. The Balaban J connectivity index is 1.34. The summed E-state index contributed by atoms with van der Waals surface area (Å²) in [5.74, 6) is 0.0112. The molecule has 4 rings (SSSR count). The molecule has 3 fully saturated rings. The van der Waals surface area contributed by atoms with Gasteiger partial charge in [-0.2, -0.15) is 0 Å². The molecule has 0 aromatic heterocycles. The zero-order valence-corrected chi connectivity index (χ0v) is 16.9. The number of carbonyl (C=O) groups is 2. The lowest BCUT2D eigenvalue weighted by Crippen LogP contribution is -2.59. The fourth-order valence-corrected chi connectivity index (χ4v) is 5.18. The second-order valence-electron chi connectivity index (χ2n) is 8.95. The molecule has 2 amide bonds. The normalized spacial score (nSPS) is 32.5. The van der Waals surface area contributed by atoms with Crippen molar-refractivity contribution in [1.82, 2.24) is 10.2 Å². The van der Waals surface area contributed by atoms with E-state index in [0.29, 0.717) is 25.9 Å². The Bertz CT molecular complexity index is 853. The predicted molar refractivity (Wildman–Crippen MR) is 101 cm³/mol. The minimum atomic E-state index is -4.71. The van der Waals surface area contributed by atoms with Crippen molar-refractivity contribution < 1.29 is 32.2 Å². The molecule has 0 spiro atoms. The summed E-state index contributed by atoms with van der Waals surface area (Å²) in [6.07, 6.45) is -2.48. The number of hydrogen-bond donors (Lipinski definition) is 1. The van der Waals surface area contributed by atoms with Crippen LogP contribution in [0.1, 0.15) is 38.2 Å². The van der Waals surface area contributed by atoms with E-state index in [1.165, 1.54) is 19.2 Å². The molecular formula is C21H25F3N2O4. The van der Waals surface area contributed by atoms with E-state index in [2.05, 4.69) is 14.8 Å². The third-order valence-electron chi connectivity index (χ3n) is 6.79. The van der Waals surface area contributed by atoms with Crippen LogP contribution in [0.4, 0.5) is 18.0 Å². The van der Waals surface area contributed by atoms with Crippen molar-refractivity contribution in [2.45, 2.75) is 49.9 Å². The van der Waals surface area contributed by atoms with Crippen LogP contribution in [0.3, 0.4) is 0 Å². The van der Waals surface area contributed by atoms with Gasteiger partial charge in [0.2, 0.25) is 5.91 Å². The number of carbonyl (C=O) groups excluding carboxylic acids is 2. The molecule has 1 aromatic rings. The third kappa shape index (κ3) is 3.94. The van der Waals surface area contributed by atoms with Gasteiger partial charge in [-0.1, -0.05) is 12.1 Å². The molecule has 2 atom stereocenters. The highest BCUT2D eigenvalue weighted by molar-refractivity contribution is 5.81. The van der Waals surface area contributed by atoms with Crippen LogP contribution in [0.5, 0.6) is 5.75 Å². The van der Waals surface area contributed by atoms with E-state index in [1.807, 2.05) is 17.9 Å². The van der Waals surface area contributed by atoms with E-state index in [-0.39, 0.29) is 28.9 Å². The van der Waals surface area contributed by atoms with Crippen LogP contribution in [0.15, 0.2) is 24.3 Å². The molecule has 0 radical (unpaired) electrons. The van der Waals surface area contributed by atoms with Crippen molar-refractivity contribution in [1.29, 1.82) is 0 Å². The van der Waals surface area contributed by atoms with Gasteiger partial charge in [0.15, 0.2) is 0 Å². The van der Waals surface area contributed by atoms with Crippen LogP contribution >= 0.6 is 0 Å². The van der Waals surface area contributed by atoms with Gasteiger partial charge in [0.05, 0.1) is 7.11 Å². The molecule has 6 nitrogen and oxygen atoms in total. The molecule has 1 aromatic carbocycles. The van der Waals surface area contributed by atoms with Crippen LogP contribution in [0, 0.1) is 11.8 Å². The van der Waals surface area contributed by atoms with E-state index in [4.69, 9.17) is 0 Å². The number of amides is 2. The highest BCUT2D eigenvalue weighted by Crippen LogP contribution is 2.60. The standard InChI is InChI=1S/C21H25F3N2O4/c1-19(25-18(28)29-2)9-13(10-19)17(27)26-7-6-20(11-15(20)12-26)14-4-3-5-16(8-14)30-21(22,23)24/h3-5,8,13,15H,6-7,9-12H2,1-2H3,(H,25,28). The maximum absolute atomic E-state index is 12.9. The Hall–Kier alpha value is -2.45. The highest BCUT2D eigenvalue weighted by atomic mass is 19.4. The molecule has 164 valence electrons. The maximum Gasteiger partial charge on any atom is 0.573 e. The molecule has 1 N–H and O–H groups in total. The summed E-state index contributed by atoms with van der Waals surface area (Å²) in [5.41, 5.74) is 0.258. The Labute approximate surface area is 172 Å². The molecule has 30 heavy (non-hydrogen) atoms. The summed E-state index contributed by atoms with van der Waals surface area (Å²) in [5, 5.41) is 2.77. The van der Waals surface area contributed by atoms with Gasteiger partial charge < -0.3 is 19.7 Å². The lowest BCUT2D eigenvalue weighted by molar-refractivity contribution is -0.274. The van der Waals surface area contributed by atoms with E-state index in [9.17, 15) is 22.8 Å². The Morgan fingerprint density at radius 1 is 1.23 bits per heavy atom. The number of nitrogens with zero attached hydrogens (tertiary/aromatic N) is 1. The van der Waals surface area contributed by atoms with Crippen LogP contribution in [-0.4, -0.2) is 49.0 Å². The minimum Gasteiger partial charge on any atom is -0.453 e. The first-order valence-electron chi connectivity index (χ1n) is 10.0. The average molecular weight is 426 g/mol. The van der Waals surface area contributed by atoms with Gasteiger partial charge in [0, 0.05) is 30.0 Å². The fraction of sp³-hybridized carbons (Fsp3) is 0.619. The molecule has 2 aliphatic carbocycles. The van der Waals surface area contributed by atoms with Crippen molar-refractivity contribution in [3.8, 4) is 5.75 Å². The second-order valence-corrected chi connectivity index (χ2v) is 8.95. The van der Waals surface area contributed by atoms with Crippen molar-refractivity contribution >= 4 is 12.0 Å². The van der Waals surface area contributed by atoms with Crippen molar-refractivity contribution in [2.24, 2.45) is 11.8 Å². The molecule has 2 saturated carbocycles. The summed E-state index contributed by atoms with van der Waals surface area (Å²) in [7, 11) is 1.31. The molecule has 1 saturated heterocycles. The van der Waals surface area contributed by atoms with Gasteiger partial charge in [0.25, 0.3) is 0 Å². The largest absolute Gasteiger partial charge is 0.573 e.